The second kappa shape index (κ2) is 5.35. The molecule has 0 aliphatic heterocycles. The molecule has 0 saturated heterocycles. The average Bonchev–Trinajstić information content (AvgIpc) is 2.90. The maximum Gasteiger partial charge on any atom is 0.270 e. The van der Waals surface area contributed by atoms with Gasteiger partial charge in [-0.2, -0.15) is 0 Å². The first-order chi connectivity index (χ1) is 11.6. The molecule has 0 unspecified atom stereocenters. The summed E-state index contributed by atoms with van der Waals surface area (Å²) in [5, 5.41) is 21.2. The van der Waals surface area contributed by atoms with Gasteiger partial charge in [-0.1, -0.05) is 42.5 Å². The van der Waals surface area contributed by atoms with Crippen LogP contribution in [0.3, 0.4) is 0 Å². The molecule has 0 amide bonds. The largest absolute Gasteiger partial charge is 0.507 e. The summed E-state index contributed by atoms with van der Waals surface area (Å²) in [4.78, 5) is 10.8. The standard InChI is InChI=1S/C20H13NO3/c22-20-8-4-1-5-13(20)11-18-16-7-3-2-6-15(16)17-10-9-14(21(23)24)12-19(17)18/h1-12,22H. The molecule has 4 nitrogen and oxygen atoms in total. The first-order valence-corrected chi connectivity index (χ1v) is 7.53. The van der Waals surface area contributed by atoms with E-state index in [-0.39, 0.29) is 16.4 Å². The minimum atomic E-state index is -0.388. The summed E-state index contributed by atoms with van der Waals surface area (Å²) >= 11 is 0. The number of hydrogen-bond donors (Lipinski definition) is 1. The van der Waals surface area contributed by atoms with Crippen molar-refractivity contribution in [3.05, 3.63) is 93.5 Å². The zero-order chi connectivity index (χ0) is 16.7. The summed E-state index contributed by atoms with van der Waals surface area (Å²) in [6.45, 7) is 0. The number of rotatable bonds is 2. The van der Waals surface area contributed by atoms with Crippen LogP contribution < -0.4 is 0 Å². The van der Waals surface area contributed by atoms with Gasteiger partial charge in [0.2, 0.25) is 0 Å². The van der Waals surface area contributed by atoms with Gasteiger partial charge in [-0.3, -0.25) is 10.1 Å². The Bertz CT molecular complexity index is 1010. The lowest BCUT2D eigenvalue weighted by Gasteiger charge is -2.05. The van der Waals surface area contributed by atoms with Crippen molar-refractivity contribution in [3.8, 4) is 16.9 Å². The Labute approximate surface area is 138 Å². The van der Waals surface area contributed by atoms with Crippen LogP contribution in [0.15, 0.2) is 66.7 Å². The fraction of sp³-hybridized carbons (Fsp3) is 0. The number of nitro groups is 1. The van der Waals surface area contributed by atoms with Crippen molar-refractivity contribution in [2.24, 2.45) is 0 Å². The highest BCUT2D eigenvalue weighted by Gasteiger charge is 2.25. The van der Waals surface area contributed by atoms with Crippen molar-refractivity contribution < 1.29 is 10.0 Å². The molecular weight excluding hydrogens is 302 g/mol. The highest BCUT2D eigenvalue weighted by atomic mass is 16.6. The molecule has 3 aromatic carbocycles. The number of hydrogen-bond acceptors (Lipinski definition) is 3. The van der Waals surface area contributed by atoms with Gasteiger partial charge in [-0.25, -0.2) is 0 Å². The molecule has 4 heteroatoms. The molecule has 1 aliphatic carbocycles. The van der Waals surface area contributed by atoms with Crippen molar-refractivity contribution in [1.29, 1.82) is 0 Å². The second-order valence-corrected chi connectivity index (χ2v) is 5.65. The Morgan fingerprint density at radius 1 is 0.833 bits per heavy atom. The van der Waals surface area contributed by atoms with Gasteiger partial charge in [0.1, 0.15) is 5.75 Å². The van der Waals surface area contributed by atoms with Crippen molar-refractivity contribution in [3.63, 3.8) is 0 Å². The highest BCUT2D eigenvalue weighted by Crippen LogP contribution is 2.46. The zero-order valence-corrected chi connectivity index (χ0v) is 12.6. The van der Waals surface area contributed by atoms with Gasteiger partial charge in [0.25, 0.3) is 5.69 Å². The van der Waals surface area contributed by atoms with Crippen LogP contribution in [-0.4, -0.2) is 10.0 Å². The molecule has 0 saturated carbocycles. The van der Waals surface area contributed by atoms with E-state index in [0.29, 0.717) is 5.56 Å². The van der Waals surface area contributed by atoms with Crippen LogP contribution in [0.1, 0.15) is 16.7 Å². The summed E-state index contributed by atoms with van der Waals surface area (Å²) in [6.07, 6.45) is 1.88. The summed E-state index contributed by atoms with van der Waals surface area (Å²) in [7, 11) is 0. The molecule has 1 N–H and O–H groups in total. The van der Waals surface area contributed by atoms with Gasteiger partial charge < -0.3 is 5.11 Å². The van der Waals surface area contributed by atoms with Crippen LogP contribution >= 0.6 is 0 Å². The third-order valence-electron chi connectivity index (χ3n) is 4.25. The minimum Gasteiger partial charge on any atom is -0.507 e. The third kappa shape index (κ3) is 2.16. The van der Waals surface area contributed by atoms with E-state index in [9.17, 15) is 15.2 Å². The number of nitrogens with zero attached hydrogens (tertiary/aromatic N) is 1. The molecule has 116 valence electrons. The number of nitro benzene ring substituents is 1. The summed E-state index contributed by atoms with van der Waals surface area (Å²) in [5.41, 5.74) is 5.46. The molecule has 1 aliphatic rings. The molecule has 0 fully saturated rings. The van der Waals surface area contributed by atoms with Gasteiger partial charge in [0.05, 0.1) is 4.92 Å². The highest BCUT2D eigenvalue weighted by molar-refractivity contribution is 6.07. The van der Waals surface area contributed by atoms with Gasteiger partial charge in [0, 0.05) is 17.7 Å². The van der Waals surface area contributed by atoms with Crippen LogP contribution in [0.5, 0.6) is 5.75 Å². The predicted molar refractivity (Wildman–Crippen MR) is 93.6 cm³/mol. The fourth-order valence-electron chi connectivity index (χ4n) is 3.12. The SMILES string of the molecule is O=[N+]([O-])c1ccc2c(c1)C(=Cc1ccccc1O)c1ccccc1-2. The molecule has 0 atom stereocenters. The van der Waals surface area contributed by atoms with Gasteiger partial charge in [0.15, 0.2) is 0 Å². The Morgan fingerprint density at radius 2 is 1.50 bits per heavy atom. The smallest absolute Gasteiger partial charge is 0.270 e. The van der Waals surface area contributed by atoms with Gasteiger partial charge in [-0.15, -0.1) is 0 Å². The molecule has 0 bridgehead atoms. The monoisotopic (exact) mass is 315 g/mol. The molecule has 3 aromatic rings. The summed E-state index contributed by atoms with van der Waals surface area (Å²) < 4.78 is 0. The van der Waals surface area contributed by atoms with E-state index in [4.69, 9.17) is 0 Å². The maximum atomic E-state index is 11.1. The lowest BCUT2D eigenvalue weighted by atomic mass is 10.0. The molecular formula is C20H13NO3. The van der Waals surface area contributed by atoms with Crippen LogP contribution in [0, 0.1) is 10.1 Å². The summed E-state index contributed by atoms with van der Waals surface area (Å²) in [5.74, 6) is 0.182. The average molecular weight is 315 g/mol. The number of benzene rings is 3. The first-order valence-electron chi connectivity index (χ1n) is 7.53. The molecule has 0 heterocycles. The van der Waals surface area contributed by atoms with E-state index < -0.39 is 0 Å². The van der Waals surface area contributed by atoms with Gasteiger partial charge in [-0.05, 0) is 46.0 Å². The summed E-state index contributed by atoms with van der Waals surface area (Å²) in [6, 6.07) is 19.9. The van der Waals surface area contributed by atoms with E-state index in [1.807, 2.05) is 42.5 Å². The molecule has 0 radical (unpaired) electrons. The Kier molecular flexibility index (Phi) is 3.17. The number of non-ortho nitro benzene ring substituents is 1. The second-order valence-electron chi connectivity index (χ2n) is 5.65. The zero-order valence-electron chi connectivity index (χ0n) is 12.6. The van der Waals surface area contributed by atoms with Crippen molar-refractivity contribution in [1.82, 2.24) is 0 Å². The quantitative estimate of drug-likeness (QED) is 0.424. The van der Waals surface area contributed by atoms with Crippen molar-refractivity contribution in [2.75, 3.05) is 0 Å². The Hall–Kier alpha value is -3.40. The number of para-hydroxylation sites is 1. The minimum absolute atomic E-state index is 0.0599. The normalized spacial score (nSPS) is 13.6. The number of fused-ring (bicyclic) bond motifs is 3. The fourth-order valence-corrected chi connectivity index (χ4v) is 3.12. The van der Waals surface area contributed by atoms with Crippen LogP contribution in [0.4, 0.5) is 5.69 Å². The number of aromatic hydroxyl groups is 1. The lowest BCUT2D eigenvalue weighted by Crippen LogP contribution is -1.89. The topological polar surface area (TPSA) is 63.4 Å². The molecule has 24 heavy (non-hydrogen) atoms. The first kappa shape index (κ1) is 14.2. The van der Waals surface area contributed by atoms with Crippen LogP contribution in [0.2, 0.25) is 0 Å². The van der Waals surface area contributed by atoms with E-state index in [0.717, 1.165) is 27.8 Å². The number of phenols is 1. The molecule has 4 rings (SSSR count). The van der Waals surface area contributed by atoms with Crippen LogP contribution in [-0.2, 0) is 0 Å². The van der Waals surface area contributed by atoms with Crippen molar-refractivity contribution >= 4 is 17.3 Å². The van der Waals surface area contributed by atoms with Crippen LogP contribution in [0.25, 0.3) is 22.8 Å². The van der Waals surface area contributed by atoms with E-state index >= 15 is 0 Å². The Morgan fingerprint density at radius 3 is 2.25 bits per heavy atom. The predicted octanol–water partition coefficient (Wildman–Crippen LogP) is 4.87. The van der Waals surface area contributed by atoms with E-state index in [1.165, 1.54) is 6.07 Å². The van der Waals surface area contributed by atoms with Gasteiger partial charge >= 0.3 is 0 Å². The Balaban J connectivity index is 1.99. The number of phenolic OH excluding ortho intramolecular Hbond substituents is 1. The maximum absolute atomic E-state index is 11.1. The third-order valence-corrected chi connectivity index (χ3v) is 4.25. The lowest BCUT2D eigenvalue weighted by molar-refractivity contribution is -0.384. The van der Waals surface area contributed by atoms with E-state index in [1.54, 1.807) is 24.3 Å². The molecule has 0 spiro atoms. The van der Waals surface area contributed by atoms with Crippen molar-refractivity contribution in [2.45, 2.75) is 0 Å². The molecule has 0 aromatic heterocycles. The van der Waals surface area contributed by atoms with E-state index in [2.05, 4.69) is 0 Å².